The highest BCUT2D eigenvalue weighted by Gasteiger charge is 2.42. The Morgan fingerprint density at radius 3 is 1.56 bits per heavy atom. The van der Waals surface area contributed by atoms with Gasteiger partial charge in [-0.2, -0.15) is 0 Å². The van der Waals surface area contributed by atoms with Crippen LogP contribution < -0.4 is 5.32 Å². The highest BCUT2D eigenvalue weighted by atomic mass is 32.2. The van der Waals surface area contributed by atoms with Crippen molar-refractivity contribution in [3.8, 4) is 0 Å². The molecule has 0 radical (unpaired) electrons. The third-order valence-corrected chi connectivity index (χ3v) is 9.48. The number of imide groups is 1. The Kier molecular flexibility index (Phi) is 3.03. The zero-order valence-corrected chi connectivity index (χ0v) is 18.0. The summed E-state index contributed by atoms with van der Waals surface area (Å²) >= 11 is 0. The maximum absolute atomic E-state index is 13.8. The first-order valence-corrected chi connectivity index (χ1v) is 12.0. The van der Waals surface area contributed by atoms with Crippen LogP contribution in [0.25, 0.3) is 43.6 Å². The van der Waals surface area contributed by atoms with E-state index in [-0.39, 0.29) is 0 Å². The van der Waals surface area contributed by atoms with E-state index in [0.717, 1.165) is 21.8 Å². The van der Waals surface area contributed by atoms with Crippen molar-refractivity contribution in [2.75, 3.05) is 0 Å². The van der Waals surface area contributed by atoms with Gasteiger partial charge in [-0.1, -0.05) is 36.4 Å². The SMILES string of the molecule is C[C@@H]1n2c3ccccc3c3c4c(c5c6ccccc6n(c5c32)[C@@H](C)S1(=O)=O)C(=O)NC4=O. The number of nitrogens with one attached hydrogen (secondary N) is 1. The van der Waals surface area contributed by atoms with Crippen LogP contribution in [0, 0.1) is 0 Å². The van der Waals surface area contributed by atoms with Crippen LogP contribution in [0.5, 0.6) is 0 Å². The first-order valence-electron chi connectivity index (χ1n) is 10.4. The first kappa shape index (κ1) is 18.0. The molecule has 7 nitrogen and oxygen atoms in total. The normalized spacial score (nSPS) is 21.7. The van der Waals surface area contributed by atoms with Crippen molar-refractivity contribution in [3.05, 3.63) is 59.7 Å². The number of hydrogen-bond acceptors (Lipinski definition) is 4. The van der Waals surface area contributed by atoms with E-state index in [1.165, 1.54) is 0 Å². The van der Waals surface area contributed by atoms with Gasteiger partial charge in [-0.3, -0.25) is 14.9 Å². The van der Waals surface area contributed by atoms with E-state index in [9.17, 15) is 18.0 Å². The molecule has 0 bridgehead atoms. The van der Waals surface area contributed by atoms with Crippen LogP contribution in [0.3, 0.4) is 0 Å². The summed E-state index contributed by atoms with van der Waals surface area (Å²) in [5.74, 6) is -0.890. The van der Waals surface area contributed by atoms with Gasteiger partial charge in [0.15, 0.2) is 9.84 Å². The molecule has 1 N–H and O–H groups in total. The van der Waals surface area contributed by atoms with Crippen LogP contribution in [0.1, 0.15) is 45.3 Å². The molecule has 2 amide bonds. The average Bonchev–Trinajstić information content (AvgIpc) is 3.38. The van der Waals surface area contributed by atoms with Gasteiger partial charge >= 0.3 is 0 Å². The number of benzene rings is 3. The number of para-hydroxylation sites is 2. The van der Waals surface area contributed by atoms with Crippen LogP contribution in [0.4, 0.5) is 0 Å². The van der Waals surface area contributed by atoms with Crippen molar-refractivity contribution < 1.29 is 18.0 Å². The molecule has 0 saturated carbocycles. The number of nitrogens with zero attached hydrogens (tertiary/aromatic N) is 2. The Hall–Kier alpha value is -3.65. The third-order valence-electron chi connectivity index (χ3n) is 7.15. The van der Waals surface area contributed by atoms with Crippen LogP contribution in [0.2, 0.25) is 0 Å². The molecule has 3 aromatic carbocycles. The maximum Gasteiger partial charge on any atom is 0.259 e. The van der Waals surface area contributed by atoms with Crippen LogP contribution >= 0.6 is 0 Å². The zero-order chi connectivity index (χ0) is 22.1. The lowest BCUT2D eigenvalue weighted by Gasteiger charge is -2.20. The van der Waals surface area contributed by atoms with E-state index in [4.69, 9.17) is 0 Å². The Balaban J connectivity index is 1.97. The molecule has 7 rings (SSSR count). The number of aromatic nitrogens is 2. The van der Waals surface area contributed by atoms with Gasteiger partial charge in [-0.05, 0) is 26.0 Å². The van der Waals surface area contributed by atoms with Crippen LogP contribution in [-0.2, 0) is 9.84 Å². The molecule has 4 heterocycles. The maximum atomic E-state index is 13.8. The van der Waals surface area contributed by atoms with Crippen LogP contribution in [-0.4, -0.2) is 29.4 Å². The predicted octanol–water partition coefficient (Wildman–Crippen LogP) is 4.25. The molecule has 2 atom stereocenters. The molecular weight excluding hydrogens is 426 g/mol. The molecule has 32 heavy (non-hydrogen) atoms. The molecule has 0 saturated heterocycles. The summed E-state index contributed by atoms with van der Waals surface area (Å²) in [6.45, 7) is 3.38. The van der Waals surface area contributed by atoms with Crippen molar-refractivity contribution in [3.63, 3.8) is 0 Å². The van der Waals surface area contributed by atoms with Gasteiger partial charge < -0.3 is 9.13 Å². The van der Waals surface area contributed by atoms with Gasteiger partial charge in [-0.15, -0.1) is 0 Å². The van der Waals surface area contributed by atoms with Gasteiger partial charge in [0.2, 0.25) is 0 Å². The number of amides is 2. The molecule has 0 spiro atoms. The van der Waals surface area contributed by atoms with Crippen molar-refractivity contribution in [1.29, 1.82) is 0 Å². The average molecular weight is 443 g/mol. The van der Waals surface area contributed by atoms with Gasteiger partial charge in [0.25, 0.3) is 11.8 Å². The van der Waals surface area contributed by atoms with Crippen molar-refractivity contribution in [1.82, 2.24) is 14.5 Å². The molecule has 0 fully saturated rings. The van der Waals surface area contributed by atoms with E-state index >= 15 is 0 Å². The fourth-order valence-electron chi connectivity index (χ4n) is 5.76. The molecule has 158 valence electrons. The number of hydrogen-bond donors (Lipinski definition) is 1. The lowest BCUT2D eigenvalue weighted by atomic mass is 9.96. The van der Waals surface area contributed by atoms with E-state index in [1.807, 2.05) is 57.7 Å². The molecule has 2 aliphatic heterocycles. The summed E-state index contributed by atoms with van der Waals surface area (Å²) in [5.41, 5.74) is 3.48. The molecule has 8 heteroatoms. The van der Waals surface area contributed by atoms with Crippen molar-refractivity contribution >= 4 is 65.3 Å². The first-order chi connectivity index (χ1) is 15.3. The lowest BCUT2D eigenvalue weighted by Crippen LogP contribution is -2.22. The smallest absolute Gasteiger partial charge is 0.259 e. The quantitative estimate of drug-likeness (QED) is 0.362. The minimum absolute atomic E-state index is 0.328. The fraction of sp³-hybridized carbons (Fsp3) is 0.167. The number of carbonyl (C=O) groups excluding carboxylic acids is 2. The number of fused-ring (bicyclic) bond motifs is 9. The van der Waals surface area contributed by atoms with Crippen molar-refractivity contribution in [2.45, 2.75) is 24.6 Å². The summed E-state index contributed by atoms with van der Waals surface area (Å²) in [5, 5.41) is 3.57. The molecule has 5 aromatic rings. The summed E-state index contributed by atoms with van der Waals surface area (Å²) in [7, 11) is -3.66. The Morgan fingerprint density at radius 1 is 0.719 bits per heavy atom. The number of rotatable bonds is 0. The van der Waals surface area contributed by atoms with Crippen LogP contribution in [0.15, 0.2) is 48.5 Å². The van der Waals surface area contributed by atoms with E-state index in [1.54, 1.807) is 13.8 Å². The van der Waals surface area contributed by atoms with E-state index in [2.05, 4.69) is 5.32 Å². The van der Waals surface area contributed by atoms with Crippen molar-refractivity contribution in [2.24, 2.45) is 0 Å². The van der Waals surface area contributed by atoms with Gasteiger partial charge in [0, 0.05) is 21.5 Å². The molecule has 2 aromatic heterocycles. The summed E-state index contributed by atoms with van der Waals surface area (Å²) in [4.78, 5) is 26.1. The Labute approximate surface area is 182 Å². The zero-order valence-electron chi connectivity index (χ0n) is 17.2. The second-order valence-corrected chi connectivity index (χ2v) is 11.1. The Bertz CT molecular complexity index is 1710. The minimum Gasteiger partial charge on any atom is -0.321 e. The molecule has 0 unspecified atom stereocenters. The standard InChI is InChI=1S/C24H17N3O4S/c1-11-26-15-9-5-3-7-13(15)17-19-20(24(29)25-23(19)28)18-14-8-4-6-10-16(14)27(22(18)21(17)26)12(2)32(11,30)31/h3-12H,1-2H3,(H,25,28,29)/t11-,12-/m1/s1. The van der Waals surface area contributed by atoms with Gasteiger partial charge in [0.05, 0.1) is 33.2 Å². The summed E-state index contributed by atoms with van der Waals surface area (Å²) in [6, 6.07) is 14.9. The predicted molar refractivity (Wildman–Crippen MR) is 123 cm³/mol. The third kappa shape index (κ3) is 1.75. The number of carbonyl (C=O) groups is 2. The largest absolute Gasteiger partial charge is 0.321 e. The highest BCUT2D eigenvalue weighted by Crippen LogP contribution is 2.50. The second kappa shape index (κ2) is 5.39. The summed E-state index contributed by atoms with van der Waals surface area (Å²) < 4.78 is 31.2. The van der Waals surface area contributed by atoms with E-state index < -0.39 is 32.4 Å². The minimum atomic E-state index is -3.66. The molecular formula is C24H17N3O4S. The van der Waals surface area contributed by atoms with Gasteiger partial charge in [-0.25, -0.2) is 8.42 Å². The van der Waals surface area contributed by atoms with E-state index in [0.29, 0.717) is 32.9 Å². The number of sulfone groups is 1. The fourth-order valence-corrected chi connectivity index (χ4v) is 7.36. The monoisotopic (exact) mass is 443 g/mol. The topological polar surface area (TPSA) is 90.2 Å². The Morgan fingerprint density at radius 2 is 1.12 bits per heavy atom. The highest BCUT2D eigenvalue weighted by molar-refractivity contribution is 7.91. The molecule has 2 aliphatic rings. The molecule has 0 aliphatic carbocycles. The second-order valence-electron chi connectivity index (χ2n) is 8.54. The summed E-state index contributed by atoms with van der Waals surface area (Å²) in [6.07, 6.45) is 0. The lowest BCUT2D eigenvalue weighted by molar-refractivity contribution is 0.0880. The van der Waals surface area contributed by atoms with Gasteiger partial charge in [0.1, 0.15) is 10.7 Å².